The molecule has 0 spiro atoms. The summed E-state index contributed by atoms with van der Waals surface area (Å²) in [6, 6.07) is 3.34. The van der Waals surface area contributed by atoms with Crippen LogP contribution in [0.3, 0.4) is 0 Å². The third-order valence-electron chi connectivity index (χ3n) is 3.31. The summed E-state index contributed by atoms with van der Waals surface area (Å²) in [6.07, 6.45) is 0.536. The van der Waals surface area contributed by atoms with Crippen molar-refractivity contribution in [1.82, 2.24) is 20.8 Å². The van der Waals surface area contributed by atoms with Gasteiger partial charge in [0.05, 0.1) is 0 Å². The molecule has 0 saturated carbocycles. The second kappa shape index (κ2) is 8.37. The quantitative estimate of drug-likeness (QED) is 0.625. The van der Waals surface area contributed by atoms with Crippen molar-refractivity contribution in [2.45, 2.75) is 32.7 Å². The van der Waals surface area contributed by atoms with Crippen LogP contribution in [-0.2, 0) is 13.0 Å². The third kappa shape index (κ3) is 5.00. The molecule has 0 unspecified atom stereocenters. The molecule has 0 saturated heterocycles. The molecular formula is C16H21F2N5O. The molecule has 24 heavy (non-hydrogen) atoms. The maximum absolute atomic E-state index is 13.6. The zero-order valence-electron chi connectivity index (χ0n) is 13.9. The van der Waals surface area contributed by atoms with E-state index in [0.29, 0.717) is 30.6 Å². The Bertz CT molecular complexity index is 700. The van der Waals surface area contributed by atoms with Crippen LogP contribution < -0.4 is 10.6 Å². The summed E-state index contributed by atoms with van der Waals surface area (Å²) >= 11 is 0. The summed E-state index contributed by atoms with van der Waals surface area (Å²) in [5.41, 5.74) is 0.233. The number of guanidine groups is 1. The van der Waals surface area contributed by atoms with E-state index in [0.717, 1.165) is 18.2 Å². The van der Waals surface area contributed by atoms with Crippen molar-refractivity contribution in [3.05, 3.63) is 47.1 Å². The summed E-state index contributed by atoms with van der Waals surface area (Å²) in [5.74, 6) is 0.958. The summed E-state index contributed by atoms with van der Waals surface area (Å²) in [7, 11) is 1.60. The van der Waals surface area contributed by atoms with Crippen LogP contribution in [0.1, 0.15) is 37.0 Å². The van der Waals surface area contributed by atoms with Crippen molar-refractivity contribution in [2.24, 2.45) is 4.99 Å². The van der Waals surface area contributed by atoms with Crippen LogP contribution in [0.25, 0.3) is 0 Å². The average Bonchev–Trinajstić information content (AvgIpc) is 3.03. The lowest BCUT2D eigenvalue weighted by molar-refractivity contribution is 0.371. The van der Waals surface area contributed by atoms with Gasteiger partial charge in [0.1, 0.15) is 11.6 Å². The predicted octanol–water partition coefficient (Wildman–Crippen LogP) is 2.38. The Morgan fingerprint density at radius 1 is 1.29 bits per heavy atom. The molecule has 2 N–H and O–H groups in total. The molecule has 0 aliphatic carbocycles. The van der Waals surface area contributed by atoms with Crippen LogP contribution in [0.2, 0.25) is 0 Å². The van der Waals surface area contributed by atoms with E-state index in [1.54, 1.807) is 7.05 Å². The molecule has 1 aromatic carbocycles. The SMILES string of the molecule is CN=C(NCCc1nc(C(C)C)no1)NCc1cc(F)ccc1F. The second-order valence-corrected chi connectivity index (χ2v) is 5.54. The van der Waals surface area contributed by atoms with Crippen LogP contribution in [-0.4, -0.2) is 29.7 Å². The van der Waals surface area contributed by atoms with Gasteiger partial charge in [0, 0.05) is 38.0 Å². The van der Waals surface area contributed by atoms with E-state index in [-0.39, 0.29) is 18.0 Å². The van der Waals surface area contributed by atoms with E-state index < -0.39 is 11.6 Å². The number of nitrogens with one attached hydrogen (secondary N) is 2. The fourth-order valence-corrected chi connectivity index (χ4v) is 1.97. The molecule has 0 amide bonds. The Balaban J connectivity index is 1.81. The highest BCUT2D eigenvalue weighted by Crippen LogP contribution is 2.10. The summed E-state index contributed by atoms with van der Waals surface area (Å²) in [5, 5.41) is 9.88. The normalized spacial score (nSPS) is 11.8. The smallest absolute Gasteiger partial charge is 0.228 e. The highest BCUT2D eigenvalue weighted by molar-refractivity contribution is 5.79. The van der Waals surface area contributed by atoms with Crippen molar-refractivity contribution < 1.29 is 13.3 Å². The molecule has 1 aromatic heterocycles. The highest BCUT2D eigenvalue weighted by Gasteiger charge is 2.10. The van der Waals surface area contributed by atoms with Gasteiger partial charge in [-0.2, -0.15) is 4.98 Å². The van der Waals surface area contributed by atoms with Gasteiger partial charge in [-0.15, -0.1) is 0 Å². The van der Waals surface area contributed by atoms with E-state index >= 15 is 0 Å². The number of aromatic nitrogens is 2. The predicted molar refractivity (Wildman–Crippen MR) is 86.7 cm³/mol. The average molecular weight is 337 g/mol. The van der Waals surface area contributed by atoms with Crippen LogP contribution in [0.5, 0.6) is 0 Å². The van der Waals surface area contributed by atoms with Gasteiger partial charge in [-0.1, -0.05) is 19.0 Å². The molecule has 8 heteroatoms. The molecule has 0 fully saturated rings. The lowest BCUT2D eigenvalue weighted by atomic mass is 10.2. The molecule has 6 nitrogen and oxygen atoms in total. The number of hydrogen-bond acceptors (Lipinski definition) is 4. The molecule has 0 bridgehead atoms. The van der Waals surface area contributed by atoms with E-state index in [1.807, 2.05) is 13.8 Å². The van der Waals surface area contributed by atoms with Gasteiger partial charge < -0.3 is 15.2 Å². The van der Waals surface area contributed by atoms with Crippen LogP contribution in [0.4, 0.5) is 8.78 Å². The fraction of sp³-hybridized carbons (Fsp3) is 0.438. The van der Waals surface area contributed by atoms with Crippen LogP contribution >= 0.6 is 0 Å². The lowest BCUT2D eigenvalue weighted by Gasteiger charge is -2.11. The summed E-state index contributed by atoms with van der Waals surface area (Å²) < 4.78 is 31.9. The van der Waals surface area contributed by atoms with Crippen molar-refractivity contribution >= 4 is 5.96 Å². The molecule has 0 aliphatic rings. The minimum atomic E-state index is -0.478. The zero-order chi connectivity index (χ0) is 17.5. The highest BCUT2D eigenvalue weighted by atomic mass is 19.1. The van der Waals surface area contributed by atoms with Gasteiger partial charge in [0.2, 0.25) is 5.89 Å². The number of hydrogen-bond donors (Lipinski definition) is 2. The zero-order valence-corrected chi connectivity index (χ0v) is 13.9. The molecule has 1 heterocycles. The summed E-state index contributed by atoms with van der Waals surface area (Å²) in [6.45, 7) is 4.63. The van der Waals surface area contributed by atoms with Gasteiger partial charge >= 0.3 is 0 Å². The fourth-order valence-electron chi connectivity index (χ4n) is 1.97. The Hall–Kier alpha value is -2.51. The summed E-state index contributed by atoms with van der Waals surface area (Å²) in [4.78, 5) is 8.31. The van der Waals surface area contributed by atoms with Crippen LogP contribution in [0, 0.1) is 11.6 Å². The van der Waals surface area contributed by atoms with E-state index in [9.17, 15) is 8.78 Å². The van der Waals surface area contributed by atoms with Gasteiger partial charge in [-0.25, -0.2) is 8.78 Å². The maximum atomic E-state index is 13.6. The number of benzene rings is 1. The maximum Gasteiger partial charge on any atom is 0.228 e. The Kier molecular flexibility index (Phi) is 6.22. The topological polar surface area (TPSA) is 75.3 Å². The van der Waals surface area contributed by atoms with Crippen molar-refractivity contribution in [1.29, 1.82) is 0 Å². The molecule has 2 rings (SSSR count). The van der Waals surface area contributed by atoms with E-state index in [4.69, 9.17) is 4.52 Å². The van der Waals surface area contributed by atoms with Crippen molar-refractivity contribution in [2.75, 3.05) is 13.6 Å². The number of aliphatic imine (C=N–C) groups is 1. The monoisotopic (exact) mass is 337 g/mol. The first-order valence-electron chi connectivity index (χ1n) is 7.70. The minimum absolute atomic E-state index is 0.126. The van der Waals surface area contributed by atoms with Crippen molar-refractivity contribution in [3.63, 3.8) is 0 Å². The van der Waals surface area contributed by atoms with Gasteiger partial charge in [0.15, 0.2) is 11.8 Å². The third-order valence-corrected chi connectivity index (χ3v) is 3.31. The van der Waals surface area contributed by atoms with Gasteiger partial charge in [-0.3, -0.25) is 4.99 Å². The molecular weight excluding hydrogens is 316 g/mol. The second-order valence-electron chi connectivity index (χ2n) is 5.54. The minimum Gasteiger partial charge on any atom is -0.356 e. The molecule has 0 atom stereocenters. The first kappa shape index (κ1) is 17.8. The Morgan fingerprint density at radius 3 is 2.75 bits per heavy atom. The standard InChI is InChI=1S/C16H21F2N5O/c1-10(2)15-22-14(24-23-15)6-7-20-16(19-3)21-9-11-8-12(17)4-5-13(11)18/h4-5,8,10H,6-7,9H2,1-3H3,(H2,19,20,21). The Labute approximate surface area is 139 Å². The molecule has 2 aromatic rings. The molecule has 0 aliphatic heterocycles. The van der Waals surface area contributed by atoms with E-state index in [2.05, 4.69) is 25.8 Å². The molecule has 130 valence electrons. The largest absolute Gasteiger partial charge is 0.356 e. The van der Waals surface area contributed by atoms with Crippen molar-refractivity contribution in [3.8, 4) is 0 Å². The van der Waals surface area contributed by atoms with E-state index in [1.165, 1.54) is 0 Å². The lowest BCUT2D eigenvalue weighted by Crippen LogP contribution is -2.38. The Morgan fingerprint density at radius 2 is 2.08 bits per heavy atom. The first-order valence-corrected chi connectivity index (χ1v) is 7.70. The number of halogens is 2. The van der Waals surface area contributed by atoms with Crippen LogP contribution in [0.15, 0.2) is 27.7 Å². The van der Waals surface area contributed by atoms with Gasteiger partial charge in [-0.05, 0) is 18.2 Å². The molecule has 0 radical (unpaired) electrons. The first-order chi connectivity index (χ1) is 11.5. The van der Waals surface area contributed by atoms with Gasteiger partial charge in [0.25, 0.3) is 0 Å². The number of rotatable bonds is 6. The number of nitrogens with zero attached hydrogens (tertiary/aromatic N) is 3.